The Balaban J connectivity index is 1.61. The molecule has 0 radical (unpaired) electrons. The Bertz CT molecular complexity index is 435. The van der Waals surface area contributed by atoms with Gasteiger partial charge in [-0.25, -0.2) is 4.98 Å². The SMILES string of the molecule is CC(C)C1CN(CCc2nccn2C)C(C2CC2)CN1. The van der Waals surface area contributed by atoms with Crippen molar-refractivity contribution >= 4 is 0 Å². The highest BCUT2D eigenvalue weighted by molar-refractivity contribution is 4.98. The maximum Gasteiger partial charge on any atom is 0.109 e. The molecule has 2 aliphatic rings. The Hall–Kier alpha value is -0.870. The molecule has 0 bridgehead atoms. The van der Waals surface area contributed by atoms with Crippen molar-refractivity contribution in [2.75, 3.05) is 19.6 Å². The standard InChI is InChI=1S/C16H28N4/c1-12(2)14-11-20(15(10-18-14)13-4-5-13)8-6-16-17-7-9-19(16)3/h7,9,12-15,18H,4-6,8,10-11H2,1-3H3. The summed E-state index contributed by atoms with van der Waals surface area (Å²) in [6, 6.07) is 1.40. The number of aryl methyl sites for hydroxylation is 1. The first-order valence-electron chi connectivity index (χ1n) is 8.08. The lowest BCUT2D eigenvalue weighted by atomic mass is 9.97. The van der Waals surface area contributed by atoms with Gasteiger partial charge in [-0.15, -0.1) is 0 Å². The maximum absolute atomic E-state index is 4.46. The van der Waals surface area contributed by atoms with E-state index in [0.29, 0.717) is 12.0 Å². The second-order valence-corrected chi connectivity index (χ2v) is 6.86. The fourth-order valence-corrected chi connectivity index (χ4v) is 3.38. The molecule has 0 spiro atoms. The van der Waals surface area contributed by atoms with E-state index in [1.165, 1.54) is 31.8 Å². The molecule has 2 fully saturated rings. The Morgan fingerprint density at radius 1 is 1.40 bits per heavy atom. The topological polar surface area (TPSA) is 33.1 Å². The summed E-state index contributed by atoms with van der Waals surface area (Å²) in [5.74, 6) is 2.86. The van der Waals surface area contributed by atoms with Crippen LogP contribution in [0, 0.1) is 11.8 Å². The van der Waals surface area contributed by atoms with E-state index in [9.17, 15) is 0 Å². The smallest absolute Gasteiger partial charge is 0.109 e. The molecular weight excluding hydrogens is 248 g/mol. The predicted molar refractivity (Wildman–Crippen MR) is 81.6 cm³/mol. The van der Waals surface area contributed by atoms with Gasteiger partial charge in [0, 0.05) is 57.6 Å². The summed E-state index contributed by atoms with van der Waals surface area (Å²) in [4.78, 5) is 7.19. The van der Waals surface area contributed by atoms with Crippen molar-refractivity contribution in [1.29, 1.82) is 0 Å². The van der Waals surface area contributed by atoms with Crippen LogP contribution in [0.5, 0.6) is 0 Å². The van der Waals surface area contributed by atoms with E-state index >= 15 is 0 Å². The summed E-state index contributed by atoms with van der Waals surface area (Å²) < 4.78 is 2.15. The van der Waals surface area contributed by atoms with Gasteiger partial charge in [0.05, 0.1) is 0 Å². The molecule has 1 aromatic rings. The highest BCUT2D eigenvalue weighted by atomic mass is 15.2. The van der Waals surface area contributed by atoms with E-state index in [-0.39, 0.29) is 0 Å². The number of hydrogen-bond donors (Lipinski definition) is 1. The highest BCUT2D eigenvalue weighted by Crippen LogP contribution is 2.36. The van der Waals surface area contributed by atoms with Crippen molar-refractivity contribution in [2.45, 2.75) is 45.2 Å². The molecule has 1 saturated carbocycles. The van der Waals surface area contributed by atoms with Crippen molar-refractivity contribution in [1.82, 2.24) is 19.8 Å². The summed E-state index contributed by atoms with van der Waals surface area (Å²) in [5, 5.41) is 3.76. The van der Waals surface area contributed by atoms with E-state index < -0.39 is 0 Å². The van der Waals surface area contributed by atoms with E-state index in [1.807, 2.05) is 12.4 Å². The van der Waals surface area contributed by atoms with Crippen LogP contribution in [0.1, 0.15) is 32.5 Å². The summed E-state index contributed by atoms with van der Waals surface area (Å²) >= 11 is 0. The lowest BCUT2D eigenvalue weighted by Gasteiger charge is -2.42. The van der Waals surface area contributed by atoms with Gasteiger partial charge in [0.2, 0.25) is 0 Å². The Morgan fingerprint density at radius 2 is 2.20 bits per heavy atom. The lowest BCUT2D eigenvalue weighted by molar-refractivity contribution is 0.100. The van der Waals surface area contributed by atoms with Gasteiger partial charge in [0.25, 0.3) is 0 Å². The van der Waals surface area contributed by atoms with Crippen LogP contribution in [0.2, 0.25) is 0 Å². The molecule has 2 heterocycles. The first kappa shape index (κ1) is 14.1. The second kappa shape index (κ2) is 5.86. The van der Waals surface area contributed by atoms with Gasteiger partial charge < -0.3 is 9.88 Å². The molecular formula is C16H28N4. The molecule has 1 saturated heterocycles. The maximum atomic E-state index is 4.46. The van der Waals surface area contributed by atoms with Crippen molar-refractivity contribution < 1.29 is 0 Å². The Morgan fingerprint density at radius 3 is 2.80 bits per heavy atom. The molecule has 112 valence electrons. The lowest BCUT2D eigenvalue weighted by Crippen LogP contribution is -2.59. The van der Waals surface area contributed by atoms with Crippen molar-refractivity contribution in [3.05, 3.63) is 18.2 Å². The average molecular weight is 276 g/mol. The summed E-state index contributed by atoms with van der Waals surface area (Å²) in [7, 11) is 2.09. The van der Waals surface area contributed by atoms with Crippen LogP contribution in [-0.2, 0) is 13.5 Å². The van der Waals surface area contributed by atoms with Crippen LogP contribution in [0.15, 0.2) is 12.4 Å². The molecule has 1 aliphatic carbocycles. The molecule has 4 heteroatoms. The molecule has 0 aromatic carbocycles. The minimum Gasteiger partial charge on any atom is -0.338 e. The van der Waals surface area contributed by atoms with Crippen LogP contribution in [0.3, 0.4) is 0 Å². The van der Waals surface area contributed by atoms with Crippen LogP contribution < -0.4 is 5.32 Å². The van der Waals surface area contributed by atoms with Gasteiger partial charge in [-0.1, -0.05) is 13.8 Å². The van der Waals surface area contributed by atoms with Crippen LogP contribution in [0.25, 0.3) is 0 Å². The molecule has 20 heavy (non-hydrogen) atoms. The highest BCUT2D eigenvalue weighted by Gasteiger charge is 2.38. The molecule has 4 nitrogen and oxygen atoms in total. The van der Waals surface area contributed by atoms with Gasteiger partial charge in [0.15, 0.2) is 0 Å². The zero-order chi connectivity index (χ0) is 14.1. The zero-order valence-corrected chi connectivity index (χ0v) is 13.0. The first-order chi connectivity index (χ1) is 9.65. The van der Waals surface area contributed by atoms with Gasteiger partial charge in [0.1, 0.15) is 5.82 Å². The van der Waals surface area contributed by atoms with Gasteiger partial charge >= 0.3 is 0 Å². The van der Waals surface area contributed by atoms with Crippen LogP contribution >= 0.6 is 0 Å². The van der Waals surface area contributed by atoms with Crippen molar-refractivity contribution in [3.63, 3.8) is 0 Å². The van der Waals surface area contributed by atoms with E-state index in [4.69, 9.17) is 0 Å². The van der Waals surface area contributed by atoms with Crippen LogP contribution in [-0.4, -0.2) is 46.2 Å². The molecule has 2 unspecified atom stereocenters. The number of aromatic nitrogens is 2. The second-order valence-electron chi connectivity index (χ2n) is 6.86. The van der Waals surface area contributed by atoms with Crippen molar-refractivity contribution in [2.24, 2.45) is 18.9 Å². The largest absolute Gasteiger partial charge is 0.338 e. The minimum atomic E-state index is 0.645. The predicted octanol–water partition coefficient (Wildman–Crippen LogP) is 1.67. The van der Waals surface area contributed by atoms with Crippen LogP contribution in [0.4, 0.5) is 0 Å². The number of piperazine rings is 1. The molecule has 1 aliphatic heterocycles. The minimum absolute atomic E-state index is 0.645. The first-order valence-corrected chi connectivity index (χ1v) is 8.08. The fourth-order valence-electron chi connectivity index (χ4n) is 3.38. The van der Waals surface area contributed by atoms with Gasteiger partial charge in [-0.05, 0) is 24.7 Å². The Labute approximate surface area is 122 Å². The normalized spacial score (nSPS) is 28.2. The van der Waals surface area contributed by atoms with Gasteiger partial charge in [-0.2, -0.15) is 0 Å². The summed E-state index contributed by atoms with van der Waals surface area (Å²) in [6.07, 6.45) is 7.87. The number of imidazole rings is 1. The quantitative estimate of drug-likeness (QED) is 0.888. The average Bonchev–Trinajstić information content (AvgIpc) is 3.19. The third-order valence-electron chi connectivity index (χ3n) is 5.00. The summed E-state index contributed by atoms with van der Waals surface area (Å²) in [6.45, 7) is 8.17. The van der Waals surface area contributed by atoms with E-state index in [1.54, 1.807) is 0 Å². The van der Waals surface area contributed by atoms with E-state index in [0.717, 1.165) is 24.9 Å². The number of nitrogens with zero attached hydrogens (tertiary/aromatic N) is 3. The monoisotopic (exact) mass is 276 g/mol. The van der Waals surface area contributed by atoms with E-state index in [2.05, 4.69) is 40.7 Å². The van der Waals surface area contributed by atoms with Crippen molar-refractivity contribution in [3.8, 4) is 0 Å². The molecule has 2 atom stereocenters. The van der Waals surface area contributed by atoms with Gasteiger partial charge in [-0.3, -0.25) is 4.90 Å². The molecule has 1 aromatic heterocycles. The zero-order valence-electron chi connectivity index (χ0n) is 13.0. The molecule has 1 N–H and O–H groups in total. The number of hydrogen-bond acceptors (Lipinski definition) is 3. The number of rotatable bonds is 5. The summed E-state index contributed by atoms with van der Waals surface area (Å²) in [5.41, 5.74) is 0. The number of nitrogens with one attached hydrogen (secondary N) is 1. The third kappa shape index (κ3) is 3.07. The Kier molecular flexibility index (Phi) is 4.13. The third-order valence-corrected chi connectivity index (χ3v) is 5.00. The fraction of sp³-hybridized carbons (Fsp3) is 0.812. The molecule has 0 amide bonds. The molecule has 3 rings (SSSR count).